The van der Waals surface area contributed by atoms with Crippen molar-refractivity contribution < 1.29 is 9.90 Å². The number of aryl methyl sites for hydroxylation is 3. The maximum absolute atomic E-state index is 10.3. The van der Waals surface area contributed by atoms with E-state index in [1.165, 1.54) is 0 Å². The molecule has 0 spiro atoms. The molecular formula is C10H14N2O2. The van der Waals surface area contributed by atoms with Gasteiger partial charge in [-0.25, -0.2) is 9.97 Å². The lowest BCUT2D eigenvalue weighted by Gasteiger charge is -2.01. The minimum atomic E-state index is -0.757. The molecule has 76 valence electrons. The molecule has 1 heterocycles. The summed E-state index contributed by atoms with van der Waals surface area (Å²) in [5.41, 5.74) is 1.86. The molecule has 0 radical (unpaired) electrons. The summed E-state index contributed by atoms with van der Waals surface area (Å²) in [6, 6.07) is 1.90. The Labute approximate surface area is 83.0 Å². The molecule has 0 atom stereocenters. The summed E-state index contributed by atoms with van der Waals surface area (Å²) in [7, 11) is 0. The third kappa shape index (κ3) is 3.51. The smallest absolute Gasteiger partial charge is 0.303 e. The van der Waals surface area contributed by atoms with Gasteiger partial charge in [0.25, 0.3) is 0 Å². The molecule has 1 N–H and O–H groups in total. The first-order chi connectivity index (χ1) is 6.58. The van der Waals surface area contributed by atoms with Crippen LogP contribution in [0.4, 0.5) is 0 Å². The summed E-state index contributed by atoms with van der Waals surface area (Å²) in [6.07, 6.45) is 1.53. The Balaban J connectivity index is 2.54. The van der Waals surface area contributed by atoms with Crippen LogP contribution in [0.2, 0.25) is 0 Å². The molecule has 0 amide bonds. The minimum Gasteiger partial charge on any atom is -0.481 e. The van der Waals surface area contributed by atoms with Gasteiger partial charge < -0.3 is 5.11 Å². The van der Waals surface area contributed by atoms with E-state index in [4.69, 9.17) is 5.11 Å². The van der Waals surface area contributed by atoms with E-state index in [1.54, 1.807) is 0 Å². The number of nitrogens with zero attached hydrogens (tertiary/aromatic N) is 2. The van der Waals surface area contributed by atoms with E-state index >= 15 is 0 Å². The van der Waals surface area contributed by atoms with Crippen LogP contribution in [0.3, 0.4) is 0 Å². The average molecular weight is 194 g/mol. The van der Waals surface area contributed by atoms with Crippen molar-refractivity contribution in [2.24, 2.45) is 0 Å². The number of hydrogen-bond donors (Lipinski definition) is 1. The average Bonchev–Trinajstić information content (AvgIpc) is 2.01. The number of rotatable bonds is 4. The predicted molar refractivity (Wildman–Crippen MR) is 52.1 cm³/mol. The van der Waals surface area contributed by atoms with Crippen LogP contribution >= 0.6 is 0 Å². The highest BCUT2D eigenvalue weighted by atomic mass is 16.4. The van der Waals surface area contributed by atoms with Gasteiger partial charge in [-0.05, 0) is 32.8 Å². The van der Waals surface area contributed by atoms with Crippen LogP contribution in [0.25, 0.3) is 0 Å². The molecule has 14 heavy (non-hydrogen) atoms. The molecule has 1 aromatic rings. The van der Waals surface area contributed by atoms with Gasteiger partial charge in [-0.1, -0.05) is 0 Å². The van der Waals surface area contributed by atoms with Crippen molar-refractivity contribution >= 4 is 5.97 Å². The molecule has 1 aromatic heterocycles. The van der Waals surface area contributed by atoms with E-state index in [0.717, 1.165) is 17.2 Å². The van der Waals surface area contributed by atoms with Crippen LogP contribution < -0.4 is 0 Å². The van der Waals surface area contributed by atoms with Crippen molar-refractivity contribution in [1.82, 2.24) is 9.97 Å². The molecular weight excluding hydrogens is 180 g/mol. The summed E-state index contributed by atoms with van der Waals surface area (Å²) in [4.78, 5) is 18.7. The van der Waals surface area contributed by atoms with Crippen LogP contribution in [-0.4, -0.2) is 21.0 Å². The van der Waals surface area contributed by atoms with E-state index in [1.807, 2.05) is 19.9 Å². The highest BCUT2D eigenvalue weighted by Gasteiger charge is 2.01. The Kier molecular flexibility index (Phi) is 3.56. The van der Waals surface area contributed by atoms with Crippen LogP contribution in [0.5, 0.6) is 0 Å². The zero-order chi connectivity index (χ0) is 10.6. The standard InChI is InChI=1S/C10H14N2O2/c1-7-6-9(12-8(2)11-7)4-3-5-10(13)14/h6H,3-5H2,1-2H3,(H,13,14). The van der Waals surface area contributed by atoms with E-state index in [9.17, 15) is 4.79 Å². The quantitative estimate of drug-likeness (QED) is 0.789. The fraction of sp³-hybridized carbons (Fsp3) is 0.500. The van der Waals surface area contributed by atoms with E-state index in [0.29, 0.717) is 12.8 Å². The highest BCUT2D eigenvalue weighted by Crippen LogP contribution is 2.04. The second kappa shape index (κ2) is 4.69. The fourth-order valence-electron chi connectivity index (χ4n) is 1.34. The molecule has 0 aliphatic rings. The molecule has 4 heteroatoms. The van der Waals surface area contributed by atoms with Crippen LogP contribution in [0, 0.1) is 13.8 Å². The molecule has 4 nitrogen and oxygen atoms in total. The van der Waals surface area contributed by atoms with Gasteiger partial charge in [-0.15, -0.1) is 0 Å². The lowest BCUT2D eigenvalue weighted by atomic mass is 10.2. The Bertz CT molecular complexity index is 317. The van der Waals surface area contributed by atoms with Crippen molar-refractivity contribution in [3.05, 3.63) is 23.3 Å². The van der Waals surface area contributed by atoms with Crippen molar-refractivity contribution in [2.75, 3.05) is 0 Å². The normalized spacial score (nSPS) is 10.1. The van der Waals surface area contributed by atoms with Gasteiger partial charge in [-0.2, -0.15) is 0 Å². The number of aliphatic carboxylic acids is 1. The zero-order valence-corrected chi connectivity index (χ0v) is 8.45. The topological polar surface area (TPSA) is 63.1 Å². The largest absolute Gasteiger partial charge is 0.481 e. The van der Waals surface area contributed by atoms with Crippen molar-refractivity contribution in [3.63, 3.8) is 0 Å². The Morgan fingerprint density at radius 3 is 2.71 bits per heavy atom. The molecule has 0 aliphatic carbocycles. The van der Waals surface area contributed by atoms with Crippen LogP contribution in [-0.2, 0) is 11.2 Å². The first-order valence-corrected chi connectivity index (χ1v) is 4.61. The molecule has 0 fully saturated rings. The second-order valence-electron chi connectivity index (χ2n) is 3.30. The first kappa shape index (κ1) is 10.6. The maximum Gasteiger partial charge on any atom is 0.303 e. The van der Waals surface area contributed by atoms with Gasteiger partial charge in [0.05, 0.1) is 0 Å². The predicted octanol–water partition coefficient (Wildman–Crippen LogP) is 1.50. The highest BCUT2D eigenvalue weighted by molar-refractivity contribution is 5.66. The molecule has 0 bridgehead atoms. The Morgan fingerprint density at radius 2 is 2.14 bits per heavy atom. The Hall–Kier alpha value is -1.45. The lowest BCUT2D eigenvalue weighted by molar-refractivity contribution is -0.137. The fourth-order valence-corrected chi connectivity index (χ4v) is 1.34. The van der Waals surface area contributed by atoms with Gasteiger partial charge in [0.2, 0.25) is 0 Å². The van der Waals surface area contributed by atoms with Crippen molar-refractivity contribution in [2.45, 2.75) is 33.1 Å². The van der Waals surface area contributed by atoms with Crippen molar-refractivity contribution in [3.8, 4) is 0 Å². The molecule has 0 saturated carbocycles. The second-order valence-corrected chi connectivity index (χ2v) is 3.30. The van der Waals surface area contributed by atoms with Gasteiger partial charge in [0.15, 0.2) is 0 Å². The lowest BCUT2D eigenvalue weighted by Crippen LogP contribution is -2.00. The van der Waals surface area contributed by atoms with Crippen LogP contribution in [0.1, 0.15) is 30.1 Å². The summed E-state index contributed by atoms with van der Waals surface area (Å²) in [5.74, 6) is -0.0113. The van der Waals surface area contributed by atoms with Crippen molar-refractivity contribution in [1.29, 1.82) is 0 Å². The molecule has 0 aliphatic heterocycles. The third-order valence-electron chi connectivity index (χ3n) is 1.84. The third-order valence-corrected chi connectivity index (χ3v) is 1.84. The van der Waals surface area contributed by atoms with Gasteiger partial charge in [0.1, 0.15) is 5.82 Å². The van der Waals surface area contributed by atoms with E-state index in [2.05, 4.69) is 9.97 Å². The van der Waals surface area contributed by atoms with E-state index < -0.39 is 5.97 Å². The summed E-state index contributed by atoms with van der Waals surface area (Å²) < 4.78 is 0. The first-order valence-electron chi connectivity index (χ1n) is 4.61. The van der Waals surface area contributed by atoms with E-state index in [-0.39, 0.29) is 6.42 Å². The van der Waals surface area contributed by atoms with Gasteiger partial charge in [0, 0.05) is 17.8 Å². The number of carboxylic acid groups (broad SMARTS) is 1. The SMILES string of the molecule is Cc1cc(CCCC(=O)O)nc(C)n1. The minimum absolute atomic E-state index is 0.197. The molecule has 1 rings (SSSR count). The van der Waals surface area contributed by atoms with Crippen LogP contribution in [0.15, 0.2) is 6.07 Å². The summed E-state index contributed by atoms with van der Waals surface area (Å²) in [5, 5.41) is 8.47. The monoisotopic (exact) mass is 194 g/mol. The number of carboxylic acids is 1. The summed E-state index contributed by atoms with van der Waals surface area (Å²) >= 11 is 0. The number of carbonyl (C=O) groups is 1. The summed E-state index contributed by atoms with van der Waals surface area (Å²) in [6.45, 7) is 3.75. The van der Waals surface area contributed by atoms with Gasteiger partial charge >= 0.3 is 5.97 Å². The zero-order valence-electron chi connectivity index (χ0n) is 8.45. The van der Waals surface area contributed by atoms with Gasteiger partial charge in [-0.3, -0.25) is 4.79 Å². The number of hydrogen-bond acceptors (Lipinski definition) is 3. The maximum atomic E-state index is 10.3. The Morgan fingerprint density at radius 1 is 1.43 bits per heavy atom. The molecule has 0 saturated heterocycles. The molecule has 0 aromatic carbocycles. The number of aromatic nitrogens is 2. The molecule has 0 unspecified atom stereocenters.